The zero-order valence-corrected chi connectivity index (χ0v) is 13.3. The molecule has 5 nitrogen and oxygen atoms in total. The summed E-state index contributed by atoms with van der Waals surface area (Å²) < 4.78 is 5.25. The van der Waals surface area contributed by atoms with Crippen LogP contribution in [0.25, 0.3) is 16.6 Å². The molecule has 0 bridgehead atoms. The smallest absolute Gasteiger partial charge is 0.137 e. The van der Waals surface area contributed by atoms with E-state index in [-0.39, 0.29) is 0 Å². The Morgan fingerprint density at radius 2 is 2.53 bits per heavy atom. The second kappa shape index (κ2) is 7.57. The van der Waals surface area contributed by atoms with Crippen molar-refractivity contribution < 1.29 is 4.52 Å². The molecule has 2 rings (SSSR count). The molecule has 0 amide bonds. The van der Waals surface area contributed by atoms with Crippen LogP contribution in [0.2, 0.25) is 0 Å². The number of nitrogens with one attached hydrogen (secondary N) is 3. The van der Waals surface area contributed by atoms with Gasteiger partial charge in [0.15, 0.2) is 0 Å². The van der Waals surface area contributed by atoms with Crippen molar-refractivity contribution >= 4 is 51.3 Å². The molecule has 2 heterocycles. The first kappa shape index (κ1) is 14.4. The first-order valence-corrected chi connectivity index (χ1v) is 9.72. The van der Waals surface area contributed by atoms with Crippen LogP contribution in [-0.2, 0) is 4.52 Å². The monoisotopic (exact) mass is 388 g/mol. The van der Waals surface area contributed by atoms with Gasteiger partial charge in [-0.1, -0.05) is 0 Å². The van der Waals surface area contributed by atoms with Crippen LogP contribution in [0.1, 0.15) is 5.56 Å². The molecule has 0 spiro atoms. The maximum absolute atomic E-state index is 7.49. The molecule has 0 saturated heterocycles. The standard InChI is InChI=1S/C12H14IN4OP/c13-19-18-4-3-15-7-11(6-14)10-5-9-1-2-16-12(9)17-8-10/h1-2,5-8,14-15,19H,3-4H2,(H,16,17)/b11-7+,14-6?. The van der Waals surface area contributed by atoms with Crippen LogP contribution < -0.4 is 5.32 Å². The minimum atomic E-state index is 0.480. The molecule has 2 aromatic rings. The van der Waals surface area contributed by atoms with Crippen molar-refractivity contribution in [2.24, 2.45) is 0 Å². The third kappa shape index (κ3) is 3.99. The van der Waals surface area contributed by atoms with Crippen LogP contribution in [0.4, 0.5) is 0 Å². The van der Waals surface area contributed by atoms with Gasteiger partial charge in [-0.15, -0.1) is 0 Å². The molecule has 0 aliphatic carbocycles. The van der Waals surface area contributed by atoms with E-state index < -0.39 is 0 Å². The average molecular weight is 388 g/mol. The highest BCUT2D eigenvalue weighted by atomic mass is 127. The summed E-state index contributed by atoms with van der Waals surface area (Å²) in [6.07, 6.45) is 6.77. The van der Waals surface area contributed by atoms with E-state index in [2.05, 4.69) is 37.3 Å². The number of aromatic amines is 1. The van der Waals surface area contributed by atoms with E-state index in [0.717, 1.165) is 28.7 Å². The van der Waals surface area contributed by atoms with Gasteiger partial charge < -0.3 is 20.2 Å². The highest BCUT2D eigenvalue weighted by Gasteiger charge is 2.02. The van der Waals surface area contributed by atoms with E-state index in [9.17, 15) is 0 Å². The van der Waals surface area contributed by atoms with E-state index in [0.29, 0.717) is 13.1 Å². The predicted molar refractivity (Wildman–Crippen MR) is 89.1 cm³/mol. The van der Waals surface area contributed by atoms with Crippen molar-refractivity contribution in [3.8, 4) is 0 Å². The minimum absolute atomic E-state index is 0.480. The van der Waals surface area contributed by atoms with Gasteiger partial charge in [-0.25, -0.2) is 4.98 Å². The Balaban J connectivity index is 2.07. The zero-order valence-electron chi connectivity index (χ0n) is 10.1. The molecule has 2 aromatic heterocycles. The van der Waals surface area contributed by atoms with Crippen LogP contribution in [-0.4, -0.2) is 29.3 Å². The summed E-state index contributed by atoms with van der Waals surface area (Å²) in [6, 6.07) is 3.98. The fourth-order valence-corrected chi connectivity index (χ4v) is 2.48. The Morgan fingerprint density at radius 1 is 1.63 bits per heavy atom. The highest BCUT2D eigenvalue weighted by Crippen LogP contribution is 2.20. The summed E-state index contributed by atoms with van der Waals surface area (Å²) in [7, 11) is 0. The number of aromatic nitrogens is 2. The summed E-state index contributed by atoms with van der Waals surface area (Å²) in [6.45, 7) is 1.87. The van der Waals surface area contributed by atoms with E-state index in [1.807, 2.05) is 24.5 Å². The number of rotatable bonds is 7. The number of allylic oxidation sites excluding steroid dienone is 1. The molecule has 0 aliphatic rings. The lowest BCUT2D eigenvalue weighted by Crippen LogP contribution is -2.12. The summed E-state index contributed by atoms with van der Waals surface area (Å²) in [4.78, 5) is 7.37. The molecule has 0 aliphatic heterocycles. The summed E-state index contributed by atoms with van der Waals surface area (Å²) in [5.41, 5.74) is 2.58. The Morgan fingerprint density at radius 3 is 3.32 bits per heavy atom. The molecule has 19 heavy (non-hydrogen) atoms. The van der Waals surface area contributed by atoms with Gasteiger partial charge in [-0.3, -0.25) is 0 Å². The van der Waals surface area contributed by atoms with Gasteiger partial charge >= 0.3 is 0 Å². The third-order valence-corrected chi connectivity index (χ3v) is 3.80. The molecule has 0 saturated carbocycles. The summed E-state index contributed by atoms with van der Waals surface area (Å²) in [5.74, 6) is 0. The van der Waals surface area contributed by atoms with E-state index in [1.54, 1.807) is 6.20 Å². The Hall–Kier alpha value is -0.980. The average Bonchev–Trinajstić information content (AvgIpc) is 2.90. The number of nitrogens with zero attached hydrogens (tertiary/aromatic N) is 1. The lowest BCUT2D eigenvalue weighted by Gasteiger charge is -2.04. The molecule has 7 heteroatoms. The minimum Gasteiger partial charge on any atom is -0.388 e. The largest absolute Gasteiger partial charge is 0.388 e. The third-order valence-electron chi connectivity index (χ3n) is 2.55. The molecule has 3 N–H and O–H groups in total. The van der Waals surface area contributed by atoms with Gasteiger partial charge in [-0.05, 0) is 34.2 Å². The maximum atomic E-state index is 7.49. The number of halogens is 1. The number of fused-ring (bicyclic) bond motifs is 1. The van der Waals surface area contributed by atoms with Crippen molar-refractivity contribution in [2.75, 3.05) is 13.2 Å². The van der Waals surface area contributed by atoms with Crippen molar-refractivity contribution in [1.29, 1.82) is 5.41 Å². The quantitative estimate of drug-likeness (QED) is 0.295. The van der Waals surface area contributed by atoms with Gasteiger partial charge in [-0.2, -0.15) is 0 Å². The van der Waals surface area contributed by atoms with Crippen LogP contribution in [0, 0.1) is 5.41 Å². The van der Waals surface area contributed by atoms with Crippen molar-refractivity contribution in [2.45, 2.75) is 0 Å². The SMILES string of the molecule is N=C/C(=C\NCCOPI)c1cnc2[nH]ccc2c1. The molecule has 1 unspecified atom stereocenters. The first-order chi connectivity index (χ1) is 9.35. The highest BCUT2D eigenvalue weighted by molar-refractivity contribution is 14.2. The summed E-state index contributed by atoms with van der Waals surface area (Å²) >= 11 is 2.19. The van der Waals surface area contributed by atoms with Gasteiger partial charge in [0.05, 0.1) is 13.1 Å². The molecule has 0 aromatic carbocycles. The topological polar surface area (TPSA) is 73.8 Å². The van der Waals surface area contributed by atoms with Gasteiger partial charge in [0.2, 0.25) is 0 Å². The molecular formula is C12H14IN4OP. The number of hydrogen-bond acceptors (Lipinski definition) is 4. The molecule has 0 fully saturated rings. The van der Waals surface area contributed by atoms with Crippen molar-refractivity contribution in [3.05, 3.63) is 36.3 Å². The fourth-order valence-electron chi connectivity index (χ4n) is 1.64. The second-order valence-corrected chi connectivity index (χ2v) is 5.53. The second-order valence-electron chi connectivity index (χ2n) is 3.76. The first-order valence-electron chi connectivity index (χ1n) is 5.70. The number of hydrogen-bond donors (Lipinski definition) is 3. The lowest BCUT2D eigenvalue weighted by atomic mass is 10.1. The Bertz CT molecular complexity index is 584. The van der Waals surface area contributed by atoms with Crippen LogP contribution in [0.3, 0.4) is 0 Å². The number of H-pyrrole nitrogens is 1. The molecule has 0 radical (unpaired) electrons. The molecule has 100 valence electrons. The fraction of sp³-hybridized carbons (Fsp3) is 0.167. The van der Waals surface area contributed by atoms with E-state index >= 15 is 0 Å². The number of pyridine rings is 1. The van der Waals surface area contributed by atoms with Crippen LogP contribution >= 0.6 is 28.5 Å². The van der Waals surface area contributed by atoms with Crippen LogP contribution in [0.15, 0.2) is 30.7 Å². The zero-order chi connectivity index (χ0) is 13.5. The van der Waals surface area contributed by atoms with Crippen molar-refractivity contribution in [3.63, 3.8) is 0 Å². The predicted octanol–water partition coefficient (Wildman–Crippen LogP) is 3.10. The molecular weight excluding hydrogens is 374 g/mol. The van der Waals surface area contributed by atoms with Gasteiger partial charge in [0.1, 0.15) is 5.65 Å². The Kier molecular flexibility index (Phi) is 5.75. The summed E-state index contributed by atoms with van der Waals surface area (Å²) in [5, 5.41) is 11.7. The Labute approximate surface area is 126 Å². The maximum Gasteiger partial charge on any atom is 0.137 e. The van der Waals surface area contributed by atoms with Gasteiger partial charge in [0, 0.05) is 47.9 Å². The van der Waals surface area contributed by atoms with E-state index in [1.165, 1.54) is 6.21 Å². The molecule has 1 atom stereocenters. The van der Waals surface area contributed by atoms with Crippen molar-refractivity contribution in [1.82, 2.24) is 15.3 Å². The van der Waals surface area contributed by atoms with Gasteiger partial charge in [0.25, 0.3) is 0 Å². The van der Waals surface area contributed by atoms with Crippen LogP contribution in [0.5, 0.6) is 0 Å². The lowest BCUT2D eigenvalue weighted by molar-refractivity contribution is 0.373. The van der Waals surface area contributed by atoms with E-state index in [4.69, 9.17) is 9.93 Å². The normalized spacial score (nSPS) is 12.4.